The number of aromatic nitrogens is 1. The molecule has 24 heavy (non-hydrogen) atoms. The normalized spacial score (nSPS) is 17.6. The largest absolute Gasteiger partial charge is 0.369 e. The zero-order valence-corrected chi connectivity index (χ0v) is 13.8. The number of hydrogen-bond acceptors (Lipinski definition) is 4. The van der Waals surface area contributed by atoms with Gasteiger partial charge in [-0.2, -0.15) is 5.26 Å². The van der Waals surface area contributed by atoms with Gasteiger partial charge in [-0.25, -0.2) is 4.39 Å². The van der Waals surface area contributed by atoms with E-state index in [0.717, 1.165) is 24.9 Å². The minimum atomic E-state index is -0.349. The minimum Gasteiger partial charge on any atom is -0.369 e. The third kappa shape index (κ3) is 2.78. The van der Waals surface area contributed by atoms with Crippen LogP contribution in [0.5, 0.6) is 0 Å². The SMILES string of the molecule is CNC(=O)C1CCCN(c2c(C#N)cnc3c(C)cc(F)cc23)C1. The first-order valence-corrected chi connectivity index (χ1v) is 8.00. The van der Waals surface area contributed by atoms with Crippen molar-refractivity contribution in [1.82, 2.24) is 10.3 Å². The maximum atomic E-state index is 13.9. The molecule has 0 saturated carbocycles. The van der Waals surface area contributed by atoms with E-state index in [2.05, 4.69) is 16.4 Å². The zero-order valence-electron chi connectivity index (χ0n) is 13.8. The number of nitrogens with one attached hydrogen (secondary N) is 1. The number of hydrogen-bond donors (Lipinski definition) is 1. The van der Waals surface area contributed by atoms with E-state index >= 15 is 0 Å². The number of nitrogens with zero attached hydrogens (tertiary/aromatic N) is 3. The Hall–Kier alpha value is -2.68. The number of carbonyl (C=O) groups excluding carboxylic acids is 1. The topological polar surface area (TPSA) is 69.0 Å². The Morgan fingerprint density at radius 3 is 3.00 bits per heavy atom. The van der Waals surface area contributed by atoms with E-state index in [1.54, 1.807) is 14.0 Å². The number of pyridine rings is 1. The average molecular weight is 326 g/mol. The van der Waals surface area contributed by atoms with Crippen molar-refractivity contribution in [2.24, 2.45) is 5.92 Å². The van der Waals surface area contributed by atoms with Gasteiger partial charge in [-0.3, -0.25) is 9.78 Å². The van der Waals surface area contributed by atoms with Crippen LogP contribution in [0.4, 0.5) is 10.1 Å². The van der Waals surface area contributed by atoms with Crippen LogP contribution in [-0.4, -0.2) is 31.0 Å². The Morgan fingerprint density at radius 1 is 1.50 bits per heavy atom. The number of piperidine rings is 1. The first-order chi connectivity index (χ1) is 11.5. The maximum absolute atomic E-state index is 13.9. The van der Waals surface area contributed by atoms with Gasteiger partial charge in [0.25, 0.3) is 0 Å². The molecule has 1 aliphatic rings. The van der Waals surface area contributed by atoms with Gasteiger partial charge in [0.2, 0.25) is 5.91 Å². The first kappa shape index (κ1) is 16.2. The van der Waals surface area contributed by atoms with Gasteiger partial charge >= 0.3 is 0 Å². The Kier molecular flexibility index (Phi) is 4.34. The summed E-state index contributed by atoms with van der Waals surface area (Å²) in [7, 11) is 1.63. The summed E-state index contributed by atoms with van der Waals surface area (Å²) in [4.78, 5) is 18.3. The predicted molar refractivity (Wildman–Crippen MR) is 90.2 cm³/mol. The molecule has 2 aromatic rings. The van der Waals surface area contributed by atoms with Gasteiger partial charge < -0.3 is 10.2 Å². The highest BCUT2D eigenvalue weighted by molar-refractivity contribution is 5.96. The third-order valence-corrected chi connectivity index (χ3v) is 4.57. The van der Waals surface area contributed by atoms with Crippen LogP contribution in [-0.2, 0) is 4.79 Å². The summed E-state index contributed by atoms with van der Waals surface area (Å²) < 4.78 is 13.9. The molecule has 1 amide bonds. The summed E-state index contributed by atoms with van der Waals surface area (Å²) in [6.45, 7) is 3.05. The molecule has 6 heteroatoms. The number of nitriles is 1. The van der Waals surface area contributed by atoms with E-state index in [0.29, 0.717) is 28.7 Å². The van der Waals surface area contributed by atoms with Gasteiger partial charge in [0, 0.05) is 31.7 Å². The number of benzene rings is 1. The molecule has 1 aromatic carbocycles. The molecule has 1 aromatic heterocycles. The number of aryl methyl sites for hydroxylation is 1. The monoisotopic (exact) mass is 326 g/mol. The maximum Gasteiger partial charge on any atom is 0.224 e. The molecular weight excluding hydrogens is 307 g/mol. The van der Waals surface area contributed by atoms with Crippen molar-refractivity contribution in [3.8, 4) is 6.07 Å². The number of carbonyl (C=O) groups is 1. The van der Waals surface area contributed by atoms with Crippen molar-refractivity contribution in [3.05, 3.63) is 35.3 Å². The smallest absolute Gasteiger partial charge is 0.224 e. The van der Waals surface area contributed by atoms with E-state index in [1.165, 1.54) is 18.3 Å². The van der Waals surface area contributed by atoms with Crippen LogP contribution in [0.3, 0.4) is 0 Å². The molecule has 1 unspecified atom stereocenters. The fraction of sp³-hybridized carbons (Fsp3) is 0.389. The highest BCUT2D eigenvalue weighted by Crippen LogP contribution is 2.34. The molecule has 0 bridgehead atoms. The molecule has 0 aliphatic carbocycles. The van der Waals surface area contributed by atoms with Crippen molar-refractivity contribution >= 4 is 22.5 Å². The molecule has 2 heterocycles. The van der Waals surface area contributed by atoms with Crippen LogP contribution >= 0.6 is 0 Å². The van der Waals surface area contributed by atoms with Gasteiger partial charge in [-0.1, -0.05) is 0 Å². The molecule has 3 rings (SSSR count). The minimum absolute atomic E-state index is 0.000990. The molecule has 124 valence electrons. The van der Waals surface area contributed by atoms with Crippen LogP contribution in [0.2, 0.25) is 0 Å². The van der Waals surface area contributed by atoms with E-state index in [1.807, 2.05) is 4.90 Å². The quantitative estimate of drug-likeness (QED) is 0.921. The van der Waals surface area contributed by atoms with Gasteiger partial charge in [0.1, 0.15) is 11.9 Å². The zero-order chi connectivity index (χ0) is 17.3. The second kappa shape index (κ2) is 6.44. The Balaban J connectivity index is 2.13. The standard InChI is InChI=1S/C18H19FN4O/c1-11-6-14(19)7-15-16(11)22-9-13(8-20)17(15)23-5-3-4-12(10-23)18(24)21-2/h6-7,9,12H,3-5,10H2,1-2H3,(H,21,24). The van der Waals surface area contributed by atoms with Gasteiger partial charge in [0.05, 0.1) is 22.7 Å². The summed E-state index contributed by atoms with van der Waals surface area (Å²) in [5.74, 6) is -0.481. The average Bonchev–Trinajstić information content (AvgIpc) is 2.59. The lowest BCUT2D eigenvalue weighted by molar-refractivity contribution is -0.124. The Labute approximate surface area is 140 Å². The third-order valence-electron chi connectivity index (χ3n) is 4.57. The molecule has 0 spiro atoms. The number of fused-ring (bicyclic) bond motifs is 1. The lowest BCUT2D eigenvalue weighted by atomic mass is 9.95. The molecule has 0 radical (unpaired) electrons. The summed E-state index contributed by atoms with van der Waals surface area (Å²) in [5, 5.41) is 12.8. The van der Waals surface area contributed by atoms with Crippen molar-refractivity contribution in [1.29, 1.82) is 5.26 Å². The summed E-state index contributed by atoms with van der Waals surface area (Å²) in [6, 6.07) is 5.02. The van der Waals surface area contributed by atoms with Crippen LogP contribution in [0.15, 0.2) is 18.3 Å². The van der Waals surface area contributed by atoms with Crippen LogP contribution in [0.1, 0.15) is 24.0 Å². The van der Waals surface area contributed by atoms with Crippen LogP contribution in [0.25, 0.3) is 10.9 Å². The highest BCUT2D eigenvalue weighted by Gasteiger charge is 2.28. The van der Waals surface area contributed by atoms with Gasteiger partial charge in [-0.05, 0) is 37.5 Å². The number of amides is 1. The second-order valence-corrected chi connectivity index (χ2v) is 6.15. The van der Waals surface area contributed by atoms with Crippen molar-refractivity contribution in [2.45, 2.75) is 19.8 Å². The Bertz CT molecular complexity index is 843. The van der Waals surface area contributed by atoms with Gasteiger partial charge in [-0.15, -0.1) is 0 Å². The van der Waals surface area contributed by atoms with Gasteiger partial charge in [0.15, 0.2) is 0 Å². The van der Waals surface area contributed by atoms with E-state index in [9.17, 15) is 14.4 Å². The number of rotatable bonds is 2. The molecule has 1 aliphatic heterocycles. The molecule has 1 saturated heterocycles. The fourth-order valence-electron chi connectivity index (χ4n) is 3.44. The fourth-order valence-corrected chi connectivity index (χ4v) is 3.44. The molecule has 1 fully saturated rings. The number of halogens is 1. The molecule has 1 N–H and O–H groups in total. The predicted octanol–water partition coefficient (Wildman–Crippen LogP) is 2.52. The lowest BCUT2D eigenvalue weighted by Gasteiger charge is -2.34. The summed E-state index contributed by atoms with van der Waals surface area (Å²) >= 11 is 0. The lowest BCUT2D eigenvalue weighted by Crippen LogP contribution is -2.42. The molecule has 1 atom stereocenters. The van der Waals surface area contributed by atoms with E-state index < -0.39 is 0 Å². The Morgan fingerprint density at radius 2 is 2.29 bits per heavy atom. The highest BCUT2D eigenvalue weighted by atomic mass is 19.1. The first-order valence-electron chi connectivity index (χ1n) is 8.00. The molecule has 5 nitrogen and oxygen atoms in total. The second-order valence-electron chi connectivity index (χ2n) is 6.15. The van der Waals surface area contributed by atoms with E-state index in [-0.39, 0.29) is 17.6 Å². The summed E-state index contributed by atoms with van der Waals surface area (Å²) in [5.41, 5.74) is 2.51. The van der Waals surface area contributed by atoms with Crippen LogP contribution in [0, 0.1) is 30.0 Å². The van der Waals surface area contributed by atoms with Crippen molar-refractivity contribution in [2.75, 3.05) is 25.0 Å². The number of anilines is 1. The van der Waals surface area contributed by atoms with Crippen molar-refractivity contribution < 1.29 is 9.18 Å². The van der Waals surface area contributed by atoms with E-state index in [4.69, 9.17) is 0 Å². The van der Waals surface area contributed by atoms with Crippen molar-refractivity contribution in [3.63, 3.8) is 0 Å². The summed E-state index contributed by atoms with van der Waals surface area (Å²) in [6.07, 6.45) is 3.20. The van der Waals surface area contributed by atoms with Crippen LogP contribution < -0.4 is 10.2 Å². The molecular formula is C18H19FN4O.